The van der Waals surface area contributed by atoms with Gasteiger partial charge in [-0.3, -0.25) is 4.79 Å². The molecular formula is C11H15NO3. The van der Waals surface area contributed by atoms with Crippen LogP contribution in [-0.4, -0.2) is 17.6 Å². The molecule has 0 radical (unpaired) electrons. The lowest BCUT2D eigenvalue weighted by atomic mass is 10.2. The summed E-state index contributed by atoms with van der Waals surface area (Å²) in [6, 6.07) is 3.63. The van der Waals surface area contributed by atoms with Gasteiger partial charge in [-0.2, -0.15) is 0 Å². The monoisotopic (exact) mass is 209 g/mol. The summed E-state index contributed by atoms with van der Waals surface area (Å²) >= 11 is 0. The van der Waals surface area contributed by atoms with E-state index in [-0.39, 0.29) is 18.0 Å². The molecule has 1 aliphatic carbocycles. The Morgan fingerprint density at radius 2 is 2.47 bits per heavy atom. The van der Waals surface area contributed by atoms with Gasteiger partial charge in [-0.1, -0.05) is 0 Å². The summed E-state index contributed by atoms with van der Waals surface area (Å²) in [7, 11) is 0. The second-order valence-corrected chi connectivity index (χ2v) is 4.27. The predicted octanol–water partition coefficient (Wildman–Crippen LogP) is 1.42. The summed E-state index contributed by atoms with van der Waals surface area (Å²) in [5.74, 6) is 0.399. The van der Waals surface area contributed by atoms with Crippen molar-refractivity contribution in [3.05, 3.63) is 24.2 Å². The molecule has 0 bridgehead atoms. The lowest BCUT2D eigenvalue weighted by Gasteiger charge is -2.13. The summed E-state index contributed by atoms with van der Waals surface area (Å²) in [5.41, 5.74) is 5.07. The van der Waals surface area contributed by atoms with E-state index in [0.29, 0.717) is 6.42 Å². The van der Waals surface area contributed by atoms with Crippen LogP contribution in [0.1, 0.15) is 31.9 Å². The third-order valence-electron chi connectivity index (χ3n) is 2.61. The Balaban J connectivity index is 2.03. The summed E-state index contributed by atoms with van der Waals surface area (Å²) in [6.45, 7) is 3.62. The second-order valence-electron chi connectivity index (χ2n) is 4.27. The highest BCUT2D eigenvalue weighted by molar-refractivity contribution is 5.86. The molecule has 2 rings (SSSR count). The SMILES string of the molecule is CC(C)OC(=O)C1(N)CC1c1ccco1. The zero-order valence-electron chi connectivity index (χ0n) is 8.90. The van der Waals surface area contributed by atoms with Gasteiger partial charge in [0.25, 0.3) is 0 Å². The Hall–Kier alpha value is -1.29. The Morgan fingerprint density at radius 3 is 3.00 bits per heavy atom. The van der Waals surface area contributed by atoms with Crippen molar-refractivity contribution in [1.29, 1.82) is 0 Å². The zero-order valence-corrected chi connectivity index (χ0v) is 8.90. The average molecular weight is 209 g/mol. The Morgan fingerprint density at radius 1 is 1.73 bits per heavy atom. The number of esters is 1. The van der Waals surface area contributed by atoms with Crippen LogP contribution < -0.4 is 5.73 Å². The molecule has 1 aliphatic rings. The number of hydrogen-bond acceptors (Lipinski definition) is 4. The molecule has 1 aromatic rings. The van der Waals surface area contributed by atoms with Crippen LogP contribution in [0.5, 0.6) is 0 Å². The number of furan rings is 1. The number of nitrogens with two attached hydrogens (primary N) is 1. The van der Waals surface area contributed by atoms with Crippen LogP contribution in [0.25, 0.3) is 0 Å². The minimum Gasteiger partial charge on any atom is -0.469 e. The standard InChI is InChI=1S/C11H15NO3/c1-7(2)15-10(13)11(12)6-8(11)9-4-3-5-14-9/h3-5,7-8H,6,12H2,1-2H3. The number of carbonyl (C=O) groups excluding carboxylic acids is 1. The number of ether oxygens (including phenoxy) is 1. The van der Waals surface area contributed by atoms with Crippen LogP contribution in [0.15, 0.2) is 22.8 Å². The van der Waals surface area contributed by atoms with E-state index in [2.05, 4.69) is 0 Å². The average Bonchev–Trinajstić information content (AvgIpc) is 2.64. The molecule has 0 amide bonds. The highest BCUT2D eigenvalue weighted by Gasteiger charge is 2.60. The van der Waals surface area contributed by atoms with Gasteiger partial charge >= 0.3 is 5.97 Å². The van der Waals surface area contributed by atoms with Crippen molar-refractivity contribution >= 4 is 5.97 Å². The molecule has 1 heterocycles. The van der Waals surface area contributed by atoms with E-state index in [1.54, 1.807) is 12.3 Å². The first kappa shape index (κ1) is 10.2. The van der Waals surface area contributed by atoms with Gasteiger partial charge in [0.15, 0.2) is 0 Å². The van der Waals surface area contributed by atoms with Gasteiger partial charge in [-0.05, 0) is 32.4 Å². The Bertz CT molecular complexity index is 358. The quantitative estimate of drug-likeness (QED) is 0.764. The van der Waals surface area contributed by atoms with E-state index in [0.717, 1.165) is 5.76 Å². The van der Waals surface area contributed by atoms with Crippen molar-refractivity contribution < 1.29 is 13.9 Å². The van der Waals surface area contributed by atoms with Gasteiger partial charge in [0.2, 0.25) is 0 Å². The molecule has 15 heavy (non-hydrogen) atoms. The van der Waals surface area contributed by atoms with Gasteiger partial charge in [0, 0.05) is 5.92 Å². The van der Waals surface area contributed by atoms with Crippen LogP contribution in [0.4, 0.5) is 0 Å². The van der Waals surface area contributed by atoms with Gasteiger partial charge in [-0.15, -0.1) is 0 Å². The van der Waals surface area contributed by atoms with Crippen molar-refractivity contribution in [3.63, 3.8) is 0 Å². The van der Waals surface area contributed by atoms with Crippen LogP contribution in [-0.2, 0) is 9.53 Å². The molecule has 0 spiro atoms. The van der Waals surface area contributed by atoms with Crippen LogP contribution in [0, 0.1) is 0 Å². The van der Waals surface area contributed by atoms with Crippen LogP contribution in [0.2, 0.25) is 0 Å². The topological polar surface area (TPSA) is 65.5 Å². The number of hydrogen-bond donors (Lipinski definition) is 1. The molecular weight excluding hydrogens is 194 g/mol. The Labute approximate surface area is 88.4 Å². The molecule has 2 N–H and O–H groups in total. The third kappa shape index (κ3) is 1.77. The smallest absolute Gasteiger partial charge is 0.327 e. The molecule has 1 fully saturated rings. The van der Waals surface area contributed by atoms with Crippen molar-refractivity contribution in [2.45, 2.75) is 37.8 Å². The van der Waals surface area contributed by atoms with E-state index >= 15 is 0 Å². The normalized spacial score (nSPS) is 29.2. The first-order valence-corrected chi connectivity index (χ1v) is 5.07. The third-order valence-corrected chi connectivity index (χ3v) is 2.61. The van der Waals surface area contributed by atoms with Crippen molar-refractivity contribution in [2.24, 2.45) is 5.73 Å². The van der Waals surface area contributed by atoms with Crippen molar-refractivity contribution in [3.8, 4) is 0 Å². The Kier molecular flexibility index (Phi) is 2.31. The summed E-state index contributed by atoms with van der Waals surface area (Å²) in [5, 5.41) is 0. The number of rotatable bonds is 3. The van der Waals surface area contributed by atoms with E-state index < -0.39 is 5.54 Å². The summed E-state index contributed by atoms with van der Waals surface area (Å²) in [4.78, 5) is 11.7. The maximum Gasteiger partial charge on any atom is 0.327 e. The highest BCUT2D eigenvalue weighted by atomic mass is 16.5. The molecule has 2 atom stereocenters. The maximum atomic E-state index is 11.7. The molecule has 0 aromatic carbocycles. The molecule has 2 unspecified atom stereocenters. The molecule has 1 saturated carbocycles. The second kappa shape index (κ2) is 3.38. The zero-order chi connectivity index (χ0) is 11.1. The summed E-state index contributed by atoms with van der Waals surface area (Å²) < 4.78 is 10.3. The minimum absolute atomic E-state index is 0.0289. The highest BCUT2D eigenvalue weighted by Crippen LogP contribution is 2.50. The molecule has 4 heteroatoms. The molecule has 0 saturated heterocycles. The molecule has 4 nitrogen and oxygen atoms in total. The van der Waals surface area contributed by atoms with E-state index in [9.17, 15) is 4.79 Å². The lowest BCUT2D eigenvalue weighted by molar-refractivity contribution is -0.150. The fourth-order valence-electron chi connectivity index (χ4n) is 1.67. The minimum atomic E-state index is -0.873. The lowest BCUT2D eigenvalue weighted by Crippen LogP contribution is -2.37. The van der Waals surface area contributed by atoms with Gasteiger partial charge in [-0.25, -0.2) is 0 Å². The molecule has 82 valence electrons. The fraction of sp³-hybridized carbons (Fsp3) is 0.545. The van der Waals surface area contributed by atoms with Gasteiger partial charge in [0.1, 0.15) is 11.3 Å². The van der Waals surface area contributed by atoms with Gasteiger partial charge in [0.05, 0.1) is 12.4 Å². The largest absolute Gasteiger partial charge is 0.469 e. The first-order valence-electron chi connectivity index (χ1n) is 5.07. The summed E-state index contributed by atoms with van der Waals surface area (Å²) in [6.07, 6.45) is 2.06. The van der Waals surface area contributed by atoms with E-state index in [1.807, 2.05) is 19.9 Å². The van der Waals surface area contributed by atoms with Crippen molar-refractivity contribution in [1.82, 2.24) is 0 Å². The fourth-order valence-corrected chi connectivity index (χ4v) is 1.67. The predicted molar refractivity (Wildman–Crippen MR) is 54.2 cm³/mol. The number of carbonyl (C=O) groups is 1. The first-order chi connectivity index (χ1) is 7.04. The maximum absolute atomic E-state index is 11.7. The van der Waals surface area contributed by atoms with Gasteiger partial charge < -0.3 is 14.9 Å². The van der Waals surface area contributed by atoms with Crippen LogP contribution >= 0.6 is 0 Å². The molecule has 1 aromatic heterocycles. The van der Waals surface area contributed by atoms with E-state index in [1.165, 1.54) is 0 Å². The van der Waals surface area contributed by atoms with Crippen molar-refractivity contribution in [2.75, 3.05) is 0 Å². The molecule has 0 aliphatic heterocycles. The van der Waals surface area contributed by atoms with Crippen LogP contribution in [0.3, 0.4) is 0 Å². The van der Waals surface area contributed by atoms with E-state index in [4.69, 9.17) is 14.9 Å².